The lowest BCUT2D eigenvalue weighted by Gasteiger charge is -2.23. The second-order valence-corrected chi connectivity index (χ2v) is 4.74. The Morgan fingerprint density at radius 3 is 2.45 bits per heavy atom. The predicted molar refractivity (Wildman–Crippen MR) is 70.0 cm³/mol. The van der Waals surface area contributed by atoms with Crippen molar-refractivity contribution in [2.24, 2.45) is 0 Å². The van der Waals surface area contributed by atoms with Gasteiger partial charge in [0.2, 0.25) is 0 Å². The Kier molecular flexibility index (Phi) is 3.94. The summed E-state index contributed by atoms with van der Waals surface area (Å²) < 4.78 is 26.6. The molecule has 2 rings (SSSR count). The number of benzene rings is 1. The van der Waals surface area contributed by atoms with Crippen LogP contribution in [0, 0.1) is 11.6 Å². The molecular weight excluding hydrogens is 300 g/mol. The van der Waals surface area contributed by atoms with Crippen LogP contribution < -0.4 is 5.32 Å². The van der Waals surface area contributed by atoms with Gasteiger partial charge in [-0.2, -0.15) is 0 Å². The number of carboxylic acids is 1. The van der Waals surface area contributed by atoms with Crippen molar-refractivity contribution in [3.63, 3.8) is 0 Å². The number of amides is 1. The number of Topliss-reactive ketones (excluding diaryl/α,β-unsaturated/α-hetero) is 1. The minimum absolute atomic E-state index is 0.0520. The number of ketones is 1. The molecule has 1 atom stereocenters. The van der Waals surface area contributed by atoms with Gasteiger partial charge in [0, 0.05) is 11.5 Å². The lowest BCUT2D eigenvalue weighted by molar-refractivity contribution is -0.137. The van der Waals surface area contributed by atoms with E-state index in [2.05, 4.69) is 0 Å². The molecule has 22 heavy (non-hydrogen) atoms. The molecule has 0 saturated heterocycles. The smallest absolute Gasteiger partial charge is 0.322 e. The van der Waals surface area contributed by atoms with Crippen LogP contribution in [-0.2, 0) is 14.4 Å². The van der Waals surface area contributed by atoms with Crippen molar-refractivity contribution >= 4 is 23.4 Å². The number of halogens is 2. The molecule has 0 aliphatic heterocycles. The van der Waals surface area contributed by atoms with Gasteiger partial charge in [0.1, 0.15) is 17.9 Å². The fourth-order valence-electron chi connectivity index (χ4n) is 2.20. The van der Waals surface area contributed by atoms with E-state index in [1.54, 1.807) is 0 Å². The molecule has 116 valence electrons. The molecule has 1 aromatic carbocycles. The standard InChI is InChI=1S/C14H11F2NO5/c1-5-6-2-8(15)9(16)3-7(6)13(21)11(12(5)20)14(22)17-4-10(18)19/h2-3,5,21H,4H2,1H3,(H,17,22)(H,18,19)/t5-/m1/s1. The molecule has 3 N–H and O–H groups in total. The average molecular weight is 311 g/mol. The van der Waals surface area contributed by atoms with Gasteiger partial charge in [0.05, 0.1) is 0 Å². The van der Waals surface area contributed by atoms with E-state index in [0.717, 1.165) is 6.07 Å². The van der Waals surface area contributed by atoms with Crippen molar-refractivity contribution in [1.29, 1.82) is 0 Å². The van der Waals surface area contributed by atoms with Crippen molar-refractivity contribution in [1.82, 2.24) is 5.32 Å². The number of hydrogen-bond donors (Lipinski definition) is 3. The van der Waals surface area contributed by atoms with E-state index >= 15 is 0 Å². The Hall–Kier alpha value is -2.77. The number of carbonyl (C=O) groups is 3. The van der Waals surface area contributed by atoms with E-state index in [1.807, 2.05) is 5.32 Å². The number of aliphatic hydroxyl groups is 1. The first-order valence-electron chi connectivity index (χ1n) is 6.20. The summed E-state index contributed by atoms with van der Waals surface area (Å²) >= 11 is 0. The van der Waals surface area contributed by atoms with Crippen LogP contribution in [0.4, 0.5) is 8.78 Å². The number of nitrogens with one attached hydrogen (secondary N) is 1. The van der Waals surface area contributed by atoms with Crippen LogP contribution in [0.3, 0.4) is 0 Å². The van der Waals surface area contributed by atoms with E-state index in [-0.39, 0.29) is 11.1 Å². The van der Waals surface area contributed by atoms with Gasteiger partial charge in [-0.3, -0.25) is 14.4 Å². The molecule has 0 bridgehead atoms. The van der Waals surface area contributed by atoms with E-state index in [9.17, 15) is 28.3 Å². The van der Waals surface area contributed by atoms with E-state index in [1.165, 1.54) is 6.92 Å². The maximum Gasteiger partial charge on any atom is 0.322 e. The number of rotatable bonds is 3. The zero-order valence-corrected chi connectivity index (χ0v) is 11.3. The van der Waals surface area contributed by atoms with Crippen molar-refractivity contribution in [3.05, 3.63) is 40.5 Å². The zero-order valence-electron chi connectivity index (χ0n) is 11.3. The molecule has 1 aromatic rings. The van der Waals surface area contributed by atoms with E-state index in [0.29, 0.717) is 6.07 Å². The quantitative estimate of drug-likeness (QED) is 0.726. The summed E-state index contributed by atoms with van der Waals surface area (Å²) in [6.07, 6.45) is 0. The first-order chi connectivity index (χ1) is 10.2. The topological polar surface area (TPSA) is 104 Å². The highest BCUT2D eigenvalue weighted by Crippen LogP contribution is 2.36. The third-order valence-corrected chi connectivity index (χ3v) is 3.32. The lowest BCUT2D eigenvalue weighted by Crippen LogP contribution is -2.36. The SMILES string of the molecule is C[C@H]1C(=O)C(C(=O)NCC(=O)O)=C(O)c2cc(F)c(F)cc21. The Morgan fingerprint density at radius 1 is 1.27 bits per heavy atom. The molecular formula is C14H11F2NO5. The lowest BCUT2D eigenvalue weighted by atomic mass is 9.81. The Labute approximate surface area is 123 Å². The largest absolute Gasteiger partial charge is 0.506 e. The molecule has 0 radical (unpaired) electrons. The van der Waals surface area contributed by atoms with Crippen molar-refractivity contribution in [2.45, 2.75) is 12.8 Å². The molecule has 0 unspecified atom stereocenters. The van der Waals surface area contributed by atoms with Crippen LogP contribution in [0.25, 0.3) is 5.76 Å². The molecule has 0 spiro atoms. The van der Waals surface area contributed by atoms with Gasteiger partial charge in [-0.05, 0) is 17.7 Å². The third-order valence-electron chi connectivity index (χ3n) is 3.32. The van der Waals surface area contributed by atoms with Gasteiger partial charge in [0.15, 0.2) is 17.4 Å². The molecule has 1 aliphatic rings. The molecule has 6 nitrogen and oxygen atoms in total. The Morgan fingerprint density at radius 2 is 1.86 bits per heavy atom. The van der Waals surface area contributed by atoms with Crippen LogP contribution in [0.2, 0.25) is 0 Å². The van der Waals surface area contributed by atoms with Gasteiger partial charge < -0.3 is 15.5 Å². The second kappa shape index (κ2) is 5.55. The van der Waals surface area contributed by atoms with Crippen LogP contribution >= 0.6 is 0 Å². The zero-order chi connectivity index (χ0) is 16.6. The number of fused-ring (bicyclic) bond motifs is 1. The van der Waals surface area contributed by atoms with Crippen molar-refractivity contribution < 1.29 is 33.4 Å². The fraction of sp³-hybridized carbons (Fsp3) is 0.214. The summed E-state index contributed by atoms with van der Waals surface area (Å²) in [5.74, 6) is -7.43. The van der Waals surface area contributed by atoms with Gasteiger partial charge in [-0.1, -0.05) is 6.92 Å². The minimum atomic E-state index is -1.33. The van der Waals surface area contributed by atoms with E-state index in [4.69, 9.17) is 5.11 Å². The first kappa shape index (κ1) is 15.6. The van der Waals surface area contributed by atoms with Gasteiger partial charge in [-0.15, -0.1) is 0 Å². The summed E-state index contributed by atoms with van der Waals surface area (Å²) in [5.41, 5.74) is -0.796. The predicted octanol–water partition coefficient (Wildman–Crippen LogP) is 1.12. The van der Waals surface area contributed by atoms with Crippen LogP contribution in [-0.4, -0.2) is 34.4 Å². The van der Waals surface area contributed by atoms with Crippen molar-refractivity contribution in [3.8, 4) is 0 Å². The highest BCUT2D eigenvalue weighted by Gasteiger charge is 2.36. The average Bonchev–Trinajstić information content (AvgIpc) is 2.45. The highest BCUT2D eigenvalue weighted by atomic mass is 19.2. The maximum atomic E-state index is 13.3. The molecule has 0 saturated carbocycles. The molecule has 0 fully saturated rings. The monoisotopic (exact) mass is 311 g/mol. The van der Waals surface area contributed by atoms with E-state index < -0.39 is 53.1 Å². The van der Waals surface area contributed by atoms with Crippen molar-refractivity contribution in [2.75, 3.05) is 6.54 Å². The molecule has 0 heterocycles. The number of aliphatic hydroxyl groups excluding tert-OH is 1. The Balaban J connectivity index is 2.53. The summed E-state index contributed by atoms with van der Waals surface area (Å²) in [6.45, 7) is 0.622. The van der Waals surface area contributed by atoms with Gasteiger partial charge in [-0.25, -0.2) is 8.78 Å². The van der Waals surface area contributed by atoms with Crippen LogP contribution in [0.1, 0.15) is 24.0 Å². The Bertz CT molecular complexity index is 726. The number of carbonyl (C=O) groups excluding carboxylic acids is 2. The maximum absolute atomic E-state index is 13.3. The minimum Gasteiger partial charge on any atom is -0.506 e. The van der Waals surface area contributed by atoms with Gasteiger partial charge in [0.25, 0.3) is 5.91 Å². The van der Waals surface area contributed by atoms with Gasteiger partial charge >= 0.3 is 5.97 Å². The molecule has 1 aliphatic carbocycles. The van der Waals surface area contributed by atoms with Crippen LogP contribution in [0.5, 0.6) is 0 Å². The second-order valence-electron chi connectivity index (χ2n) is 4.74. The third kappa shape index (κ3) is 2.54. The van der Waals surface area contributed by atoms with Crippen LogP contribution in [0.15, 0.2) is 17.7 Å². The summed E-state index contributed by atoms with van der Waals surface area (Å²) in [7, 11) is 0. The molecule has 8 heteroatoms. The summed E-state index contributed by atoms with van der Waals surface area (Å²) in [4.78, 5) is 34.4. The fourth-order valence-corrected chi connectivity index (χ4v) is 2.20. The number of hydrogen-bond acceptors (Lipinski definition) is 4. The highest BCUT2D eigenvalue weighted by molar-refractivity contribution is 6.27. The molecule has 0 aromatic heterocycles. The normalized spacial score (nSPS) is 17.2. The summed E-state index contributed by atoms with van der Waals surface area (Å²) in [6, 6.07) is 1.48. The first-order valence-corrected chi connectivity index (χ1v) is 6.20. The molecule has 1 amide bonds. The summed E-state index contributed by atoms with van der Waals surface area (Å²) in [5, 5.41) is 20.5. The number of aliphatic carboxylic acids is 1. The number of carboxylic acid groups (broad SMARTS) is 1.